The second-order valence-electron chi connectivity index (χ2n) is 17.0. The normalized spacial score (nSPS) is 17.1. The first-order valence-electron chi connectivity index (χ1n) is 23.4. The number of rotatable bonds is 10. The van der Waals surface area contributed by atoms with Gasteiger partial charge in [-0.25, -0.2) is 0 Å². The van der Waals surface area contributed by atoms with Crippen LogP contribution in [0.4, 0.5) is 17.1 Å². The third-order valence-corrected chi connectivity index (χ3v) is 13.5. The molecule has 3 aliphatic carbocycles. The second-order valence-corrected chi connectivity index (χ2v) is 17.0. The van der Waals surface area contributed by atoms with E-state index in [2.05, 4.69) is 200 Å². The smallest absolute Gasteiger partial charge is 0.0714 e. The van der Waals surface area contributed by atoms with Crippen LogP contribution in [0.1, 0.15) is 50.7 Å². The van der Waals surface area contributed by atoms with Crippen molar-refractivity contribution in [1.29, 1.82) is 0 Å². The van der Waals surface area contributed by atoms with Crippen LogP contribution >= 0.6 is 0 Å². The van der Waals surface area contributed by atoms with Gasteiger partial charge in [0.1, 0.15) is 0 Å². The van der Waals surface area contributed by atoms with Crippen LogP contribution < -0.4 is 4.90 Å². The summed E-state index contributed by atoms with van der Waals surface area (Å²) >= 11 is 0. The lowest BCUT2D eigenvalue weighted by Crippen LogP contribution is -2.29. The summed E-state index contributed by atoms with van der Waals surface area (Å²) in [5.41, 5.74) is 15.0. The molecular formula is C63H49N. The number of fused-ring (bicyclic) bond motifs is 6. The predicted molar refractivity (Wildman–Crippen MR) is 274 cm³/mol. The zero-order chi connectivity index (χ0) is 44.8. The zero-order valence-electron chi connectivity index (χ0n) is 37.9. The van der Waals surface area contributed by atoms with Crippen molar-refractivity contribution in [2.45, 2.75) is 31.1 Å². The summed E-state index contributed by atoms with van der Waals surface area (Å²) in [6, 6.07) is 58.5. The molecule has 0 amide bonds. The van der Waals surface area contributed by atoms with Gasteiger partial charge in [0.05, 0.1) is 8.16 Å². The largest absolute Gasteiger partial charge is 0.310 e. The van der Waals surface area contributed by atoms with Crippen LogP contribution in [0.2, 0.25) is 0 Å². The highest BCUT2D eigenvalue weighted by Crippen LogP contribution is 2.58. The first kappa shape index (κ1) is 36.9. The first-order chi connectivity index (χ1) is 32.5. The summed E-state index contributed by atoms with van der Waals surface area (Å²) in [6.45, 7) is 8.48. The van der Waals surface area contributed by atoms with E-state index in [-0.39, 0.29) is 12.1 Å². The highest BCUT2D eigenvalue weighted by atomic mass is 15.1. The van der Waals surface area contributed by atoms with Crippen molar-refractivity contribution in [2.24, 2.45) is 0 Å². The Balaban J connectivity index is 1.10. The Hall–Kier alpha value is -7.74. The Morgan fingerprint density at radius 3 is 1.91 bits per heavy atom. The maximum Gasteiger partial charge on any atom is 0.0714 e. The molecule has 1 nitrogen and oxygen atoms in total. The average molecular weight is 822 g/mol. The maximum atomic E-state index is 9.95. The highest BCUT2D eigenvalue weighted by molar-refractivity contribution is 6.13. The van der Waals surface area contributed by atoms with Gasteiger partial charge in [0.2, 0.25) is 0 Å². The van der Waals surface area contributed by atoms with E-state index < -0.39 is 5.41 Å². The molecule has 0 fully saturated rings. The summed E-state index contributed by atoms with van der Waals surface area (Å²) in [7, 11) is 0. The molecule has 1 atom stereocenters. The minimum Gasteiger partial charge on any atom is -0.310 e. The number of allylic oxidation sites excluding steroid dienone is 12. The van der Waals surface area contributed by atoms with Gasteiger partial charge in [-0.1, -0.05) is 195 Å². The summed E-state index contributed by atoms with van der Waals surface area (Å²) in [6.07, 6.45) is 21.3. The first-order valence-corrected chi connectivity index (χ1v) is 22.4. The average Bonchev–Trinajstić information content (AvgIpc) is 3.68. The molecule has 1 heteroatoms. The molecule has 3 aliphatic rings. The zero-order valence-corrected chi connectivity index (χ0v) is 35.9. The van der Waals surface area contributed by atoms with Crippen LogP contribution in [0, 0.1) is 0 Å². The molecule has 0 saturated heterocycles. The van der Waals surface area contributed by atoms with Crippen molar-refractivity contribution in [1.82, 2.24) is 0 Å². The molecule has 8 aromatic carbocycles. The molecule has 0 heterocycles. The minimum atomic E-state index is -0.818. The molecule has 64 heavy (non-hydrogen) atoms. The van der Waals surface area contributed by atoms with Crippen LogP contribution in [-0.4, -0.2) is 0 Å². The van der Waals surface area contributed by atoms with Crippen molar-refractivity contribution in [3.8, 4) is 22.3 Å². The van der Waals surface area contributed by atoms with E-state index >= 15 is 0 Å². The SMILES string of the molecule is [2H]c1c(N(c2ccc(C3=CC=C(C4=CC=CCC4)CC3)cc2)c2ccc(-c3cc4ccccc4c4ccccc34)cc2)cc2c(c1[2H])-c1ccccc1C2(/C(C=C)=C/C=C)c1ccccc1. The molecule has 0 aromatic heterocycles. The molecule has 0 bridgehead atoms. The van der Waals surface area contributed by atoms with E-state index in [0.717, 1.165) is 76.0 Å². The van der Waals surface area contributed by atoms with Crippen LogP contribution in [0.15, 0.2) is 254 Å². The molecule has 1 unspecified atom stereocenters. The van der Waals surface area contributed by atoms with Gasteiger partial charge < -0.3 is 4.90 Å². The Kier molecular flexibility index (Phi) is 9.51. The number of nitrogens with zero attached hydrogens (tertiary/aromatic N) is 1. The monoisotopic (exact) mass is 821 g/mol. The van der Waals surface area contributed by atoms with E-state index in [9.17, 15) is 2.74 Å². The van der Waals surface area contributed by atoms with Gasteiger partial charge >= 0.3 is 0 Å². The topological polar surface area (TPSA) is 3.24 Å². The Labute approximate surface area is 380 Å². The van der Waals surface area contributed by atoms with Crippen LogP contribution in [-0.2, 0) is 5.41 Å². The van der Waals surface area contributed by atoms with E-state index in [1.54, 1.807) is 0 Å². The molecule has 0 saturated carbocycles. The van der Waals surface area contributed by atoms with Gasteiger partial charge in [0, 0.05) is 17.1 Å². The summed E-state index contributed by atoms with van der Waals surface area (Å²) in [4.78, 5) is 2.17. The lowest BCUT2D eigenvalue weighted by atomic mass is 9.67. The van der Waals surface area contributed by atoms with Gasteiger partial charge in [-0.15, -0.1) is 0 Å². The Morgan fingerprint density at radius 1 is 0.531 bits per heavy atom. The highest BCUT2D eigenvalue weighted by Gasteiger charge is 2.46. The Morgan fingerprint density at radius 2 is 1.19 bits per heavy atom. The van der Waals surface area contributed by atoms with Gasteiger partial charge in [-0.05, 0) is 156 Å². The maximum absolute atomic E-state index is 9.95. The van der Waals surface area contributed by atoms with Gasteiger partial charge in [0.25, 0.3) is 0 Å². The third-order valence-electron chi connectivity index (χ3n) is 13.5. The third kappa shape index (κ3) is 6.55. The minimum absolute atomic E-state index is 0.161. The van der Waals surface area contributed by atoms with Crippen molar-refractivity contribution < 1.29 is 2.74 Å². The van der Waals surface area contributed by atoms with Crippen molar-refractivity contribution >= 4 is 44.2 Å². The second kappa shape index (κ2) is 16.5. The van der Waals surface area contributed by atoms with Crippen LogP contribution in [0.3, 0.4) is 0 Å². The molecular weight excluding hydrogens is 771 g/mol. The molecule has 0 aliphatic heterocycles. The van der Waals surface area contributed by atoms with E-state index in [4.69, 9.17) is 0 Å². The van der Waals surface area contributed by atoms with Crippen molar-refractivity contribution in [3.63, 3.8) is 0 Å². The molecule has 11 rings (SSSR count). The van der Waals surface area contributed by atoms with Gasteiger partial charge in [0.15, 0.2) is 0 Å². The lowest BCUT2D eigenvalue weighted by molar-refractivity contribution is 0.767. The van der Waals surface area contributed by atoms with Crippen LogP contribution in [0.25, 0.3) is 49.4 Å². The predicted octanol–water partition coefficient (Wildman–Crippen LogP) is 17.1. The lowest BCUT2D eigenvalue weighted by Gasteiger charge is -2.35. The van der Waals surface area contributed by atoms with Crippen molar-refractivity contribution in [2.75, 3.05) is 4.90 Å². The fourth-order valence-corrected chi connectivity index (χ4v) is 10.5. The number of anilines is 3. The number of hydrogen-bond donors (Lipinski definition) is 0. The van der Waals surface area contributed by atoms with E-state index in [1.165, 1.54) is 49.4 Å². The molecule has 306 valence electrons. The van der Waals surface area contributed by atoms with Crippen molar-refractivity contribution in [3.05, 3.63) is 277 Å². The summed E-state index contributed by atoms with van der Waals surface area (Å²) in [5, 5.41) is 4.87. The quantitative estimate of drug-likeness (QED) is 0.0981. The molecule has 0 radical (unpaired) electrons. The van der Waals surface area contributed by atoms with Gasteiger partial charge in [-0.3, -0.25) is 0 Å². The number of benzene rings is 8. The molecule has 0 spiro atoms. The fraction of sp³-hybridized carbons (Fsp3) is 0.0794. The number of hydrogen-bond acceptors (Lipinski definition) is 1. The summed E-state index contributed by atoms with van der Waals surface area (Å²) < 4.78 is 19.9. The standard InChI is InChI=1S/C63H49N/c1-3-17-50(4-2)63(51-21-9-6-10-22-51)61-27-16-15-26-58(61)59-41-40-54(43-62(59)63)64(52-36-32-47(33-37-52)46-30-28-45(29-31-46)44-18-7-5-8-19-44)53-38-34-48(35-39-53)60-42-49-20-11-12-23-55(49)56-24-13-14-25-57(56)60/h3-7,9-18,20-28,30,32-43H,1-2,8,19,29,31H2/b50-17+/i40D,41D. The Bertz CT molecular complexity index is 3400. The summed E-state index contributed by atoms with van der Waals surface area (Å²) in [5.74, 6) is 0. The van der Waals surface area contributed by atoms with Crippen LogP contribution in [0.5, 0.6) is 0 Å². The fourth-order valence-electron chi connectivity index (χ4n) is 10.5. The van der Waals surface area contributed by atoms with E-state index in [1.807, 2.05) is 30.4 Å². The molecule has 0 N–H and O–H groups in total. The van der Waals surface area contributed by atoms with Gasteiger partial charge in [-0.2, -0.15) is 0 Å². The van der Waals surface area contributed by atoms with E-state index in [0.29, 0.717) is 5.69 Å². The molecule has 8 aromatic rings.